The van der Waals surface area contributed by atoms with Crippen molar-refractivity contribution in [2.45, 2.75) is 52.5 Å². The van der Waals surface area contributed by atoms with Gasteiger partial charge in [-0.15, -0.1) is 0 Å². The summed E-state index contributed by atoms with van der Waals surface area (Å²) in [6, 6.07) is 6.45. The SMILES string of the molecule is CCCC(CCC)C(NN)c1cc(C)ccc1OC. The number of hydrogen-bond acceptors (Lipinski definition) is 3. The number of nitrogens with one attached hydrogen (secondary N) is 1. The number of ether oxygens (including phenoxy) is 1. The normalized spacial score (nSPS) is 12.7. The van der Waals surface area contributed by atoms with Gasteiger partial charge < -0.3 is 4.74 Å². The van der Waals surface area contributed by atoms with E-state index in [0.717, 1.165) is 5.75 Å². The summed E-state index contributed by atoms with van der Waals surface area (Å²) in [6.45, 7) is 6.55. The minimum Gasteiger partial charge on any atom is -0.496 e. The van der Waals surface area contributed by atoms with Crippen LogP contribution in [-0.2, 0) is 0 Å². The molecule has 0 aliphatic rings. The number of nitrogens with two attached hydrogens (primary N) is 1. The first-order chi connectivity index (χ1) is 9.17. The molecule has 1 rings (SSSR count). The van der Waals surface area contributed by atoms with E-state index in [-0.39, 0.29) is 6.04 Å². The maximum atomic E-state index is 5.83. The van der Waals surface area contributed by atoms with Crippen molar-refractivity contribution in [3.05, 3.63) is 29.3 Å². The van der Waals surface area contributed by atoms with Gasteiger partial charge in [-0.1, -0.05) is 44.4 Å². The second kappa shape index (κ2) is 8.18. The Morgan fingerprint density at radius 3 is 2.32 bits per heavy atom. The number of hydrogen-bond donors (Lipinski definition) is 2. The minimum absolute atomic E-state index is 0.162. The standard InChI is InChI=1S/C16H28N2O/c1-5-7-13(8-6-2)16(18-17)14-11-12(3)9-10-15(14)19-4/h9-11,13,16,18H,5-8,17H2,1-4H3. The highest BCUT2D eigenvalue weighted by molar-refractivity contribution is 5.39. The highest BCUT2D eigenvalue weighted by Crippen LogP contribution is 2.34. The van der Waals surface area contributed by atoms with Gasteiger partial charge in [0.05, 0.1) is 13.2 Å². The summed E-state index contributed by atoms with van der Waals surface area (Å²) in [6.07, 6.45) is 4.72. The molecular weight excluding hydrogens is 236 g/mol. The van der Waals surface area contributed by atoms with Gasteiger partial charge >= 0.3 is 0 Å². The highest BCUT2D eigenvalue weighted by atomic mass is 16.5. The Balaban J connectivity index is 3.08. The van der Waals surface area contributed by atoms with Crippen molar-refractivity contribution < 1.29 is 4.74 Å². The van der Waals surface area contributed by atoms with Gasteiger partial charge in [0.1, 0.15) is 5.75 Å². The third-order valence-corrected chi connectivity index (χ3v) is 3.69. The number of rotatable bonds is 8. The number of hydrazine groups is 1. The fraction of sp³-hybridized carbons (Fsp3) is 0.625. The lowest BCUT2D eigenvalue weighted by molar-refractivity contribution is 0.307. The van der Waals surface area contributed by atoms with Crippen molar-refractivity contribution in [1.29, 1.82) is 0 Å². The quantitative estimate of drug-likeness (QED) is 0.555. The summed E-state index contributed by atoms with van der Waals surface area (Å²) in [5.41, 5.74) is 5.43. The summed E-state index contributed by atoms with van der Waals surface area (Å²) < 4.78 is 5.49. The molecule has 0 bridgehead atoms. The van der Waals surface area contributed by atoms with Crippen LogP contribution in [0.25, 0.3) is 0 Å². The van der Waals surface area contributed by atoms with Crippen LogP contribution in [0.1, 0.15) is 56.7 Å². The third-order valence-electron chi connectivity index (χ3n) is 3.69. The lowest BCUT2D eigenvalue weighted by Crippen LogP contribution is -2.34. The second-order valence-electron chi connectivity index (χ2n) is 5.23. The van der Waals surface area contributed by atoms with E-state index in [4.69, 9.17) is 10.6 Å². The minimum atomic E-state index is 0.162. The van der Waals surface area contributed by atoms with Crippen LogP contribution in [0.2, 0.25) is 0 Å². The van der Waals surface area contributed by atoms with Crippen molar-refractivity contribution in [3.63, 3.8) is 0 Å². The first-order valence-electron chi connectivity index (χ1n) is 7.28. The molecule has 108 valence electrons. The van der Waals surface area contributed by atoms with Crippen LogP contribution in [-0.4, -0.2) is 7.11 Å². The van der Waals surface area contributed by atoms with Crippen molar-refractivity contribution >= 4 is 0 Å². The predicted molar refractivity (Wildman–Crippen MR) is 81.1 cm³/mol. The average Bonchev–Trinajstić information content (AvgIpc) is 2.40. The highest BCUT2D eigenvalue weighted by Gasteiger charge is 2.23. The molecule has 1 atom stereocenters. The molecule has 1 aromatic carbocycles. The molecule has 19 heavy (non-hydrogen) atoms. The van der Waals surface area contributed by atoms with Gasteiger partial charge in [-0.3, -0.25) is 11.3 Å². The molecule has 0 fully saturated rings. The molecule has 0 radical (unpaired) electrons. The van der Waals surface area contributed by atoms with Crippen molar-refractivity contribution in [2.24, 2.45) is 11.8 Å². The molecule has 1 aromatic rings. The van der Waals surface area contributed by atoms with Gasteiger partial charge in [-0.05, 0) is 31.7 Å². The zero-order valence-electron chi connectivity index (χ0n) is 12.7. The van der Waals surface area contributed by atoms with E-state index in [9.17, 15) is 0 Å². The van der Waals surface area contributed by atoms with Gasteiger partial charge in [-0.2, -0.15) is 0 Å². The summed E-state index contributed by atoms with van der Waals surface area (Å²) in [5, 5.41) is 0. The average molecular weight is 264 g/mol. The first kappa shape index (κ1) is 16.0. The Morgan fingerprint density at radius 2 is 1.84 bits per heavy atom. The van der Waals surface area contributed by atoms with Crippen LogP contribution in [0.5, 0.6) is 5.75 Å². The molecular formula is C16H28N2O. The topological polar surface area (TPSA) is 47.3 Å². The monoisotopic (exact) mass is 264 g/mol. The zero-order valence-corrected chi connectivity index (χ0v) is 12.7. The summed E-state index contributed by atoms with van der Waals surface area (Å²) in [4.78, 5) is 0. The zero-order chi connectivity index (χ0) is 14.3. The van der Waals surface area contributed by atoms with E-state index >= 15 is 0 Å². The van der Waals surface area contributed by atoms with Gasteiger partial charge in [-0.25, -0.2) is 0 Å². The van der Waals surface area contributed by atoms with E-state index in [1.807, 2.05) is 6.07 Å². The summed E-state index contributed by atoms with van der Waals surface area (Å²) in [5.74, 6) is 7.31. The molecule has 1 unspecified atom stereocenters. The number of benzene rings is 1. The first-order valence-corrected chi connectivity index (χ1v) is 7.28. The molecule has 3 heteroatoms. The van der Waals surface area contributed by atoms with Crippen molar-refractivity contribution in [3.8, 4) is 5.75 Å². The predicted octanol–water partition coefficient (Wildman–Crippen LogP) is 3.72. The molecule has 0 amide bonds. The molecule has 0 saturated carbocycles. The molecule has 0 spiro atoms. The van der Waals surface area contributed by atoms with Crippen LogP contribution >= 0.6 is 0 Å². The van der Waals surface area contributed by atoms with Crippen LogP contribution in [0.3, 0.4) is 0 Å². The third kappa shape index (κ3) is 4.22. The molecule has 0 aliphatic carbocycles. The number of aryl methyl sites for hydroxylation is 1. The summed E-state index contributed by atoms with van der Waals surface area (Å²) >= 11 is 0. The fourth-order valence-electron chi connectivity index (χ4n) is 2.80. The Labute approximate surface area is 117 Å². The molecule has 0 aliphatic heterocycles. The molecule has 0 saturated heterocycles. The van der Waals surface area contributed by atoms with Crippen LogP contribution in [0.4, 0.5) is 0 Å². The van der Waals surface area contributed by atoms with E-state index in [1.54, 1.807) is 7.11 Å². The van der Waals surface area contributed by atoms with E-state index < -0.39 is 0 Å². The van der Waals surface area contributed by atoms with Gasteiger partial charge in [0.2, 0.25) is 0 Å². The maximum absolute atomic E-state index is 5.83. The Bertz CT molecular complexity index is 373. The van der Waals surface area contributed by atoms with Gasteiger partial charge in [0, 0.05) is 5.56 Å². The van der Waals surface area contributed by atoms with Gasteiger partial charge in [0.15, 0.2) is 0 Å². The fourth-order valence-corrected chi connectivity index (χ4v) is 2.80. The Hall–Kier alpha value is -1.06. The number of methoxy groups -OCH3 is 1. The van der Waals surface area contributed by atoms with Crippen LogP contribution in [0.15, 0.2) is 18.2 Å². The van der Waals surface area contributed by atoms with Crippen LogP contribution in [0, 0.1) is 12.8 Å². The van der Waals surface area contributed by atoms with E-state index in [2.05, 4.69) is 38.3 Å². The maximum Gasteiger partial charge on any atom is 0.123 e. The Morgan fingerprint density at radius 1 is 1.21 bits per heavy atom. The molecule has 3 N–H and O–H groups in total. The van der Waals surface area contributed by atoms with Gasteiger partial charge in [0.25, 0.3) is 0 Å². The second-order valence-corrected chi connectivity index (χ2v) is 5.23. The Kier molecular flexibility index (Phi) is 6.89. The molecule has 3 nitrogen and oxygen atoms in total. The van der Waals surface area contributed by atoms with E-state index in [1.165, 1.54) is 36.8 Å². The largest absolute Gasteiger partial charge is 0.496 e. The molecule has 0 aromatic heterocycles. The van der Waals surface area contributed by atoms with Crippen molar-refractivity contribution in [2.75, 3.05) is 7.11 Å². The van der Waals surface area contributed by atoms with Crippen LogP contribution < -0.4 is 16.0 Å². The van der Waals surface area contributed by atoms with Crippen molar-refractivity contribution in [1.82, 2.24) is 5.43 Å². The lowest BCUT2D eigenvalue weighted by Gasteiger charge is -2.28. The van der Waals surface area contributed by atoms with E-state index in [0.29, 0.717) is 5.92 Å². The smallest absolute Gasteiger partial charge is 0.123 e. The summed E-state index contributed by atoms with van der Waals surface area (Å²) in [7, 11) is 1.72. The molecule has 0 heterocycles. The lowest BCUT2D eigenvalue weighted by atomic mass is 9.85.